The summed E-state index contributed by atoms with van der Waals surface area (Å²) in [6.07, 6.45) is -0.0628. The van der Waals surface area contributed by atoms with E-state index in [-0.39, 0.29) is 24.9 Å². The smallest absolute Gasteiger partial charge is 0.305 e. The van der Waals surface area contributed by atoms with E-state index in [1.54, 1.807) is 18.9 Å². The Hall–Kier alpha value is -1.47. The Bertz CT molecular complexity index is 485. The van der Waals surface area contributed by atoms with Gasteiger partial charge in [0.05, 0.1) is 18.7 Å². The third-order valence-corrected chi connectivity index (χ3v) is 3.87. The van der Waals surface area contributed by atoms with Crippen LogP contribution in [0.4, 0.5) is 0 Å². The first kappa shape index (κ1) is 16.6. The fourth-order valence-corrected chi connectivity index (χ4v) is 2.77. The molecule has 0 aliphatic rings. The van der Waals surface area contributed by atoms with E-state index in [4.69, 9.17) is 9.84 Å². The first-order valence-corrected chi connectivity index (χ1v) is 7.16. The third-order valence-electron chi connectivity index (χ3n) is 2.75. The largest absolute Gasteiger partial charge is 0.481 e. The molecule has 0 aliphatic carbocycles. The van der Waals surface area contributed by atoms with E-state index in [2.05, 4.69) is 4.98 Å². The summed E-state index contributed by atoms with van der Waals surface area (Å²) in [6, 6.07) is -0.0609. The zero-order valence-electron chi connectivity index (χ0n) is 12.2. The van der Waals surface area contributed by atoms with Gasteiger partial charge in [-0.25, -0.2) is 4.98 Å². The number of carbonyl (C=O) groups excluding carboxylic acids is 1. The standard InChI is InChI=1S/C13H20N2O4S/c1-8(2)15(6-5-11(16)17)13(18)12-9(3)14-10(20-12)7-19-4/h8H,5-7H2,1-4H3,(H,16,17). The second-order valence-electron chi connectivity index (χ2n) is 4.69. The molecule has 0 aliphatic heterocycles. The summed E-state index contributed by atoms with van der Waals surface area (Å²) in [5.74, 6) is -1.08. The zero-order valence-corrected chi connectivity index (χ0v) is 13.0. The summed E-state index contributed by atoms with van der Waals surface area (Å²) in [6.45, 7) is 6.08. The van der Waals surface area contributed by atoms with Crippen molar-refractivity contribution in [3.63, 3.8) is 0 Å². The summed E-state index contributed by atoms with van der Waals surface area (Å²) in [5.41, 5.74) is 0.660. The van der Waals surface area contributed by atoms with Crippen LogP contribution in [0.2, 0.25) is 0 Å². The number of carbonyl (C=O) groups is 2. The van der Waals surface area contributed by atoms with Gasteiger partial charge in [0.1, 0.15) is 9.88 Å². The summed E-state index contributed by atoms with van der Waals surface area (Å²) in [4.78, 5) is 29.6. The molecule has 0 radical (unpaired) electrons. The Balaban J connectivity index is 2.91. The number of carboxylic acids is 1. The van der Waals surface area contributed by atoms with Gasteiger partial charge in [-0.15, -0.1) is 11.3 Å². The van der Waals surface area contributed by atoms with Crippen molar-refractivity contribution >= 4 is 23.2 Å². The second kappa shape index (κ2) is 7.35. The Kier molecular flexibility index (Phi) is 6.09. The lowest BCUT2D eigenvalue weighted by atomic mass is 10.2. The molecule has 1 aromatic rings. The van der Waals surface area contributed by atoms with Crippen LogP contribution in [0.25, 0.3) is 0 Å². The predicted octanol–water partition coefficient (Wildman–Crippen LogP) is 1.92. The van der Waals surface area contributed by atoms with Crippen LogP contribution in [0.15, 0.2) is 0 Å². The highest BCUT2D eigenvalue weighted by Crippen LogP contribution is 2.21. The first-order valence-electron chi connectivity index (χ1n) is 6.34. The number of carboxylic acid groups (broad SMARTS) is 1. The van der Waals surface area contributed by atoms with Gasteiger partial charge in [0, 0.05) is 19.7 Å². The summed E-state index contributed by atoms with van der Waals surface area (Å²) >= 11 is 1.30. The topological polar surface area (TPSA) is 79.7 Å². The number of ether oxygens (including phenoxy) is 1. The van der Waals surface area contributed by atoms with Gasteiger partial charge >= 0.3 is 5.97 Å². The molecule has 1 N–H and O–H groups in total. The Morgan fingerprint density at radius 1 is 1.45 bits per heavy atom. The molecule has 6 nitrogen and oxygen atoms in total. The normalized spacial score (nSPS) is 10.8. The fourth-order valence-electron chi connectivity index (χ4n) is 1.78. The minimum absolute atomic E-state index is 0.0609. The monoisotopic (exact) mass is 300 g/mol. The van der Waals surface area contributed by atoms with E-state index in [9.17, 15) is 9.59 Å². The van der Waals surface area contributed by atoms with Gasteiger partial charge in [0.2, 0.25) is 0 Å². The number of methoxy groups -OCH3 is 1. The van der Waals surface area contributed by atoms with Gasteiger partial charge in [0.25, 0.3) is 5.91 Å². The molecule has 0 unspecified atom stereocenters. The van der Waals surface area contributed by atoms with Gasteiger partial charge < -0.3 is 14.7 Å². The number of hydrogen-bond acceptors (Lipinski definition) is 5. The lowest BCUT2D eigenvalue weighted by molar-refractivity contribution is -0.137. The lowest BCUT2D eigenvalue weighted by Crippen LogP contribution is -2.38. The average molecular weight is 300 g/mol. The number of hydrogen-bond donors (Lipinski definition) is 1. The van der Waals surface area contributed by atoms with E-state index < -0.39 is 5.97 Å². The molecule has 1 aromatic heterocycles. The van der Waals surface area contributed by atoms with E-state index in [1.165, 1.54) is 11.3 Å². The van der Waals surface area contributed by atoms with Crippen LogP contribution < -0.4 is 0 Å². The van der Waals surface area contributed by atoms with Gasteiger partial charge in [0.15, 0.2) is 0 Å². The second-order valence-corrected chi connectivity index (χ2v) is 5.77. The van der Waals surface area contributed by atoms with Gasteiger partial charge in [-0.2, -0.15) is 0 Å². The molecule has 7 heteroatoms. The molecule has 1 amide bonds. The molecule has 112 valence electrons. The first-order chi connectivity index (χ1) is 9.36. The van der Waals surface area contributed by atoms with E-state index in [0.29, 0.717) is 17.2 Å². The van der Waals surface area contributed by atoms with Crippen molar-refractivity contribution in [2.45, 2.75) is 39.8 Å². The van der Waals surface area contributed by atoms with Crippen LogP contribution in [0, 0.1) is 6.92 Å². The summed E-state index contributed by atoms with van der Waals surface area (Å²) < 4.78 is 5.01. The van der Waals surface area contributed by atoms with Crippen molar-refractivity contribution < 1.29 is 19.4 Å². The SMILES string of the molecule is COCc1nc(C)c(C(=O)N(CCC(=O)O)C(C)C)s1. The van der Waals surface area contributed by atoms with E-state index in [1.807, 2.05) is 13.8 Å². The predicted molar refractivity (Wildman–Crippen MR) is 76.0 cm³/mol. The van der Waals surface area contributed by atoms with Gasteiger partial charge in [-0.1, -0.05) is 0 Å². The maximum Gasteiger partial charge on any atom is 0.305 e. The molecule has 0 atom stereocenters. The Morgan fingerprint density at radius 2 is 2.10 bits per heavy atom. The van der Waals surface area contributed by atoms with E-state index >= 15 is 0 Å². The number of rotatable bonds is 7. The molecule has 0 spiro atoms. The number of aryl methyl sites for hydroxylation is 1. The quantitative estimate of drug-likeness (QED) is 0.832. The maximum absolute atomic E-state index is 12.5. The zero-order chi connectivity index (χ0) is 15.3. The molecule has 0 fully saturated rings. The molecule has 1 rings (SSSR count). The summed E-state index contributed by atoms with van der Waals surface area (Å²) in [7, 11) is 1.57. The van der Waals surface area contributed by atoms with Crippen LogP contribution >= 0.6 is 11.3 Å². The molecular weight excluding hydrogens is 280 g/mol. The molecule has 0 aromatic carbocycles. The van der Waals surface area contributed by atoms with Crippen molar-refractivity contribution in [3.05, 3.63) is 15.6 Å². The minimum Gasteiger partial charge on any atom is -0.481 e. The van der Waals surface area contributed by atoms with Crippen molar-refractivity contribution in [2.24, 2.45) is 0 Å². The number of nitrogens with zero attached hydrogens (tertiary/aromatic N) is 2. The summed E-state index contributed by atoms with van der Waals surface area (Å²) in [5, 5.41) is 9.51. The third kappa shape index (κ3) is 4.28. The van der Waals surface area contributed by atoms with Crippen LogP contribution in [0.1, 0.15) is 40.6 Å². The Morgan fingerprint density at radius 3 is 2.60 bits per heavy atom. The van der Waals surface area contributed by atoms with E-state index in [0.717, 1.165) is 5.01 Å². The number of aliphatic carboxylic acids is 1. The average Bonchev–Trinajstić information content (AvgIpc) is 2.70. The molecule has 0 saturated carbocycles. The van der Waals surface area contributed by atoms with Crippen molar-refractivity contribution in [3.8, 4) is 0 Å². The minimum atomic E-state index is -0.912. The van der Waals surface area contributed by atoms with Crippen LogP contribution in [0.3, 0.4) is 0 Å². The number of thiazole rings is 1. The highest BCUT2D eigenvalue weighted by atomic mass is 32.1. The highest BCUT2D eigenvalue weighted by molar-refractivity contribution is 7.13. The van der Waals surface area contributed by atoms with Gasteiger partial charge in [-0.3, -0.25) is 9.59 Å². The van der Waals surface area contributed by atoms with Crippen LogP contribution in [-0.4, -0.2) is 46.6 Å². The number of aromatic nitrogens is 1. The lowest BCUT2D eigenvalue weighted by Gasteiger charge is -2.25. The van der Waals surface area contributed by atoms with Crippen LogP contribution in [0.5, 0.6) is 0 Å². The van der Waals surface area contributed by atoms with Crippen molar-refractivity contribution in [1.82, 2.24) is 9.88 Å². The molecule has 20 heavy (non-hydrogen) atoms. The van der Waals surface area contributed by atoms with Crippen molar-refractivity contribution in [1.29, 1.82) is 0 Å². The molecule has 0 saturated heterocycles. The molecular formula is C13H20N2O4S. The van der Waals surface area contributed by atoms with Crippen molar-refractivity contribution in [2.75, 3.05) is 13.7 Å². The van der Waals surface area contributed by atoms with Crippen LogP contribution in [-0.2, 0) is 16.1 Å². The molecule has 0 bridgehead atoms. The number of amides is 1. The maximum atomic E-state index is 12.5. The Labute approximate surface area is 122 Å². The highest BCUT2D eigenvalue weighted by Gasteiger charge is 2.23. The fraction of sp³-hybridized carbons (Fsp3) is 0.615. The van der Waals surface area contributed by atoms with Gasteiger partial charge in [-0.05, 0) is 20.8 Å². The molecule has 1 heterocycles.